The number of Topliss-reactive ketones (excluding diaryl/α,β-unsaturated/α-hetero) is 1. The van der Waals surface area contributed by atoms with Gasteiger partial charge in [-0.2, -0.15) is 0 Å². The third-order valence-corrected chi connectivity index (χ3v) is 3.48. The number of ether oxygens (including phenoxy) is 1. The van der Waals surface area contributed by atoms with E-state index in [-0.39, 0.29) is 5.78 Å². The fourth-order valence-corrected chi connectivity index (χ4v) is 2.22. The quantitative estimate of drug-likeness (QED) is 0.543. The van der Waals surface area contributed by atoms with Gasteiger partial charge in [0.1, 0.15) is 12.4 Å². The molecule has 0 atom stereocenters. The van der Waals surface area contributed by atoms with Crippen molar-refractivity contribution in [3.63, 3.8) is 0 Å². The minimum Gasteiger partial charge on any atom is -0.488 e. The van der Waals surface area contributed by atoms with E-state index in [0.717, 1.165) is 11.1 Å². The first-order chi connectivity index (χ1) is 10.2. The molecule has 2 aromatic carbocycles. The zero-order chi connectivity index (χ0) is 15.1. The molecule has 0 saturated carbocycles. The highest BCUT2D eigenvalue weighted by Gasteiger charge is 2.12. The monoisotopic (exact) mass is 302 g/mol. The van der Waals surface area contributed by atoms with E-state index in [1.54, 1.807) is 0 Å². The molecule has 21 heavy (non-hydrogen) atoms. The lowest BCUT2D eigenvalue weighted by atomic mass is 10.0. The average molecular weight is 303 g/mol. The second-order valence-corrected chi connectivity index (χ2v) is 5.37. The molecule has 0 unspecified atom stereocenters. The van der Waals surface area contributed by atoms with Gasteiger partial charge in [0.05, 0.1) is 5.56 Å². The summed E-state index contributed by atoms with van der Waals surface area (Å²) in [6, 6.07) is 15.6. The summed E-state index contributed by atoms with van der Waals surface area (Å²) in [5.74, 6) is 1.23. The Balaban J connectivity index is 2.13. The Kier molecular flexibility index (Phi) is 5.82. The molecule has 0 aliphatic heterocycles. The van der Waals surface area contributed by atoms with Gasteiger partial charge < -0.3 is 4.74 Å². The van der Waals surface area contributed by atoms with Crippen LogP contribution in [0.15, 0.2) is 48.5 Å². The molecule has 0 aliphatic rings. The van der Waals surface area contributed by atoms with Crippen molar-refractivity contribution >= 4 is 17.4 Å². The number of rotatable bonds is 7. The molecule has 0 N–H and O–H groups in total. The number of hydrogen-bond donors (Lipinski definition) is 0. The van der Waals surface area contributed by atoms with Crippen LogP contribution in [-0.4, -0.2) is 11.7 Å². The first kappa shape index (κ1) is 15.6. The summed E-state index contributed by atoms with van der Waals surface area (Å²) < 4.78 is 5.83. The number of ketones is 1. The maximum absolute atomic E-state index is 12.2. The van der Waals surface area contributed by atoms with Crippen LogP contribution in [0.4, 0.5) is 0 Å². The maximum atomic E-state index is 12.2. The van der Waals surface area contributed by atoms with Crippen molar-refractivity contribution in [1.82, 2.24) is 0 Å². The fourth-order valence-electron chi connectivity index (χ4n) is 2.08. The minimum absolute atomic E-state index is 0.0856. The molecule has 2 rings (SSSR count). The number of carbonyl (C=O) groups excluding carboxylic acids is 1. The molecule has 0 aliphatic carbocycles. The summed E-state index contributed by atoms with van der Waals surface area (Å²) in [5, 5.41) is 0. The van der Waals surface area contributed by atoms with E-state index in [0.29, 0.717) is 36.6 Å². The van der Waals surface area contributed by atoms with Gasteiger partial charge >= 0.3 is 0 Å². The topological polar surface area (TPSA) is 26.3 Å². The van der Waals surface area contributed by atoms with Crippen molar-refractivity contribution in [2.45, 2.75) is 26.4 Å². The minimum atomic E-state index is 0.0856. The largest absolute Gasteiger partial charge is 0.488 e. The van der Waals surface area contributed by atoms with Crippen LogP contribution < -0.4 is 4.74 Å². The van der Waals surface area contributed by atoms with Gasteiger partial charge in [-0.1, -0.05) is 42.0 Å². The molecule has 3 heteroatoms. The summed E-state index contributed by atoms with van der Waals surface area (Å²) in [6.07, 6.45) is 1.14. The highest BCUT2D eigenvalue weighted by atomic mass is 35.5. The summed E-state index contributed by atoms with van der Waals surface area (Å²) in [5.41, 5.74) is 2.78. The van der Waals surface area contributed by atoms with Crippen LogP contribution in [0.25, 0.3) is 0 Å². The Morgan fingerprint density at radius 1 is 1.14 bits per heavy atom. The molecule has 0 aromatic heterocycles. The van der Waals surface area contributed by atoms with Gasteiger partial charge in [0.2, 0.25) is 0 Å². The van der Waals surface area contributed by atoms with E-state index < -0.39 is 0 Å². The van der Waals surface area contributed by atoms with Crippen LogP contribution >= 0.6 is 11.6 Å². The molecular formula is C18H19ClO2. The highest BCUT2D eigenvalue weighted by Crippen LogP contribution is 2.23. The highest BCUT2D eigenvalue weighted by molar-refractivity contribution is 6.18. The number of alkyl halides is 1. The Morgan fingerprint density at radius 2 is 1.90 bits per heavy atom. The van der Waals surface area contributed by atoms with Gasteiger partial charge in [-0.25, -0.2) is 0 Å². The summed E-state index contributed by atoms with van der Waals surface area (Å²) in [4.78, 5) is 12.2. The van der Waals surface area contributed by atoms with Crippen molar-refractivity contribution in [3.05, 3.63) is 65.2 Å². The molecule has 0 amide bonds. The van der Waals surface area contributed by atoms with Gasteiger partial charge in [-0.15, -0.1) is 11.6 Å². The molecule has 0 heterocycles. The number of halogens is 1. The fraction of sp³-hybridized carbons (Fsp3) is 0.278. The van der Waals surface area contributed by atoms with Crippen LogP contribution in [0.1, 0.15) is 34.3 Å². The third-order valence-electron chi connectivity index (χ3n) is 3.21. The Bertz CT molecular complexity index is 593. The van der Waals surface area contributed by atoms with Gasteiger partial charge in [-0.05, 0) is 31.0 Å². The number of hydrogen-bond acceptors (Lipinski definition) is 2. The third kappa shape index (κ3) is 4.61. The number of aryl methyl sites for hydroxylation is 1. The Morgan fingerprint density at radius 3 is 2.62 bits per heavy atom. The lowest BCUT2D eigenvalue weighted by Crippen LogP contribution is -2.05. The van der Waals surface area contributed by atoms with E-state index in [9.17, 15) is 4.79 Å². The lowest BCUT2D eigenvalue weighted by molar-refractivity contribution is 0.0977. The van der Waals surface area contributed by atoms with E-state index >= 15 is 0 Å². The van der Waals surface area contributed by atoms with Gasteiger partial charge in [-0.3, -0.25) is 4.79 Å². The number of carbonyl (C=O) groups is 1. The van der Waals surface area contributed by atoms with Crippen molar-refractivity contribution < 1.29 is 9.53 Å². The molecule has 0 radical (unpaired) electrons. The summed E-state index contributed by atoms with van der Waals surface area (Å²) >= 11 is 5.66. The summed E-state index contributed by atoms with van der Waals surface area (Å²) in [6.45, 7) is 2.43. The van der Waals surface area contributed by atoms with Crippen LogP contribution in [0.5, 0.6) is 5.75 Å². The van der Waals surface area contributed by atoms with Gasteiger partial charge in [0.25, 0.3) is 0 Å². The average Bonchev–Trinajstić information content (AvgIpc) is 2.52. The van der Waals surface area contributed by atoms with E-state index in [4.69, 9.17) is 16.3 Å². The van der Waals surface area contributed by atoms with E-state index in [2.05, 4.69) is 0 Å². The van der Waals surface area contributed by atoms with Crippen molar-refractivity contribution in [2.75, 3.05) is 5.88 Å². The Labute approximate surface area is 130 Å². The van der Waals surface area contributed by atoms with Crippen molar-refractivity contribution in [2.24, 2.45) is 0 Å². The first-order valence-corrected chi connectivity index (χ1v) is 7.60. The molecule has 0 saturated heterocycles. The maximum Gasteiger partial charge on any atom is 0.166 e. The first-order valence-electron chi connectivity index (χ1n) is 7.07. The zero-order valence-electron chi connectivity index (χ0n) is 12.1. The molecule has 2 aromatic rings. The standard InChI is InChI=1S/C18H19ClO2/c1-14-9-10-18(16(12-14)17(20)8-5-11-19)21-13-15-6-3-2-4-7-15/h2-4,6-7,9-10,12H,5,8,11,13H2,1H3. The van der Waals surface area contributed by atoms with Crippen LogP contribution in [0.3, 0.4) is 0 Å². The second kappa shape index (κ2) is 7.84. The van der Waals surface area contributed by atoms with Crippen molar-refractivity contribution in [1.29, 1.82) is 0 Å². The molecule has 110 valence electrons. The van der Waals surface area contributed by atoms with Crippen LogP contribution in [0, 0.1) is 6.92 Å². The molecule has 0 fully saturated rings. The molecule has 0 spiro atoms. The summed E-state index contributed by atoms with van der Waals surface area (Å²) in [7, 11) is 0. The van der Waals surface area contributed by atoms with Gasteiger partial charge in [0, 0.05) is 12.3 Å². The predicted molar refractivity (Wildman–Crippen MR) is 86.2 cm³/mol. The molecular weight excluding hydrogens is 284 g/mol. The number of benzene rings is 2. The van der Waals surface area contributed by atoms with E-state index in [1.807, 2.05) is 55.5 Å². The van der Waals surface area contributed by atoms with Crippen LogP contribution in [-0.2, 0) is 6.61 Å². The molecule has 0 bridgehead atoms. The second-order valence-electron chi connectivity index (χ2n) is 4.99. The molecule has 2 nitrogen and oxygen atoms in total. The lowest BCUT2D eigenvalue weighted by Gasteiger charge is -2.12. The predicted octanol–water partition coefficient (Wildman–Crippen LogP) is 4.78. The normalized spacial score (nSPS) is 10.4. The van der Waals surface area contributed by atoms with E-state index in [1.165, 1.54) is 0 Å². The van der Waals surface area contributed by atoms with Crippen LogP contribution in [0.2, 0.25) is 0 Å². The Hall–Kier alpha value is -1.80. The smallest absolute Gasteiger partial charge is 0.166 e. The van der Waals surface area contributed by atoms with Crippen molar-refractivity contribution in [3.8, 4) is 5.75 Å². The zero-order valence-corrected chi connectivity index (χ0v) is 12.9. The SMILES string of the molecule is Cc1ccc(OCc2ccccc2)c(C(=O)CCCCl)c1. The van der Waals surface area contributed by atoms with Gasteiger partial charge in [0.15, 0.2) is 5.78 Å².